The first-order valence-corrected chi connectivity index (χ1v) is 25.9. The molecule has 0 unspecified atom stereocenters. The maximum absolute atomic E-state index is 7.24. The van der Waals surface area contributed by atoms with Crippen LogP contribution in [0.3, 0.4) is 0 Å². The van der Waals surface area contributed by atoms with E-state index < -0.39 is 0 Å². The van der Waals surface area contributed by atoms with Gasteiger partial charge in [0.2, 0.25) is 0 Å². The molecule has 0 amide bonds. The molecule has 3 heterocycles. The molecule has 0 atom stereocenters. The van der Waals surface area contributed by atoms with Gasteiger partial charge in [-0.15, -0.1) is 0 Å². The second kappa shape index (κ2) is 17.5. The average molecular weight is 959 g/mol. The Morgan fingerprint density at radius 3 is 1.70 bits per heavy atom. The van der Waals surface area contributed by atoms with Crippen LogP contribution in [-0.2, 0) is 10.8 Å². The summed E-state index contributed by atoms with van der Waals surface area (Å²) >= 11 is 0. The van der Waals surface area contributed by atoms with Crippen LogP contribution in [0.15, 0.2) is 225 Å². The molecule has 11 aromatic rings. The lowest BCUT2D eigenvalue weighted by Crippen LogP contribution is -2.25. The molecule has 74 heavy (non-hydrogen) atoms. The second-order valence-corrected chi connectivity index (χ2v) is 22.0. The number of pyridine rings is 1. The molecule has 5 nitrogen and oxygen atoms in total. The highest BCUT2D eigenvalue weighted by molar-refractivity contribution is 6.09. The van der Waals surface area contributed by atoms with Crippen LogP contribution in [0.4, 0.5) is 22.7 Å². The first kappa shape index (κ1) is 45.2. The Labute approximate surface area is 434 Å². The number of anilines is 4. The largest absolute Gasteiger partial charge is 0.457 e. The number of nitrogens with zero attached hydrogens (tertiary/aromatic N) is 4. The smallest absolute Gasteiger partial charge is 0.137 e. The summed E-state index contributed by atoms with van der Waals surface area (Å²) in [7, 11) is 0. The molecule has 0 N–H and O–H groups in total. The fourth-order valence-corrected chi connectivity index (χ4v) is 11.7. The van der Waals surface area contributed by atoms with E-state index in [1.165, 1.54) is 66.7 Å². The minimum absolute atomic E-state index is 0.0646. The topological polar surface area (TPSA) is 33.5 Å². The van der Waals surface area contributed by atoms with Gasteiger partial charge >= 0.3 is 0 Å². The van der Waals surface area contributed by atoms with Gasteiger partial charge in [0.1, 0.15) is 24.0 Å². The van der Waals surface area contributed by atoms with E-state index in [0.717, 1.165) is 56.4 Å². The predicted molar refractivity (Wildman–Crippen MR) is 308 cm³/mol. The Bertz CT molecular complexity index is 3850. The second-order valence-electron chi connectivity index (χ2n) is 22.0. The molecule has 2 aromatic heterocycles. The molecule has 0 fully saturated rings. The zero-order valence-corrected chi connectivity index (χ0v) is 42.8. The summed E-state index contributed by atoms with van der Waals surface area (Å²) in [6.07, 6.45) is 1.97. The Kier molecular flexibility index (Phi) is 10.7. The van der Waals surface area contributed by atoms with Crippen molar-refractivity contribution in [2.45, 2.75) is 58.3 Å². The van der Waals surface area contributed by atoms with Crippen LogP contribution in [-0.4, -0.2) is 16.2 Å². The van der Waals surface area contributed by atoms with Crippen molar-refractivity contribution in [1.82, 2.24) is 9.55 Å². The van der Waals surface area contributed by atoms with Gasteiger partial charge in [0, 0.05) is 57.4 Å². The van der Waals surface area contributed by atoms with Gasteiger partial charge in [-0.25, -0.2) is 4.98 Å². The van der Waals surface area contributed by atoms with E-state index in [1.54, 1.807) is 0 Å². The summed E-state index contributed by atoms with van der Waals surface area (Å²) in [6.45, 7) is 14.3. The van der Waals surface area contributed by atoms with Gasteiger partial charge in [-0.2, -0.15) is 0 Å². The van der Waals surface area contributed by atoms with Gasteiger partial charge in [0.05, 0.1) is 28.1 Å². The molecule has 1 aliphatic heterocycles. The molecule has 5 heteroatoms. The van der Waals surface area contributed by atoms with Crippen molar-refractivity contribution >= 4 is 44.6 Å². The van der Waals surface area contributed by atoms with Gasteiger partial charge in [-0.3, -0.25) is 4.57 Å². The number of para-hydroxylation sites is 3. The third-order valence-electron chi connectivity index (χ3n) is 15.3. The number of rotatable bonds is 8. The first-order chi connectivity index (χ1) is 36.0. The van der Waals surface area contributed by atoms with Crippen LogP contribution < -0.4 is 14.5 Å². The van der Waals surface area contributed by atoms with Crippen molar-refractivity contribution < 1.29 is 4.74 Å². The summed E-state index contributed by atoms with van der Waals surface area (Å²) in [5, 5.41) is 2.32. The highest BCUT2D eigenvalue weighted by Gasteiger charge is 2.34. The highest BCUT2D eigenvalue weighted by Crippen LogP contribution is 2.53. The lowest BCUT2D eigenvalue weighted by Gasteiger charge is -2.30. The summed E-state index contributed by atoms with van der Waals surface area (Å²) in [6, 6.07) is 79.5. The fourth-order valence-electron chi connectivity index (χ4n) is 11.7. The van der Waals surface area contributed by atoms with E-state index in [9.17, 15) is 0 Å². The van der Waals surface area contributed by atoms with Crippen molar-refractivity contribution in [3.8, 4) is 50.7 Å². The minimum Gasteiger partial charge on any atom is -0.457 e. The van der Waals surface area contributed by atoms with Crippen LogP contribution in [0.2, 0.25) is 0 Å². The van der Waals surface area contributed by atoms with E-state index in [0.29, 0.717) is 6.67 Å². The zero-order chi connectivity index (χ0) is 50.3. The Balaban J connectivity index is 0.916. The normalized spacial score (nSPS) is 13.4. The SMILES string of the molecule is CC(C)(C)c1cc(-c2ccccc2)c(N2CN(c3ccc(C(C)(C)C)c(Oc4ccc5c6ccccc6n(-c6cc(C7c8ccccc8-c8ccccc87)ccn6)c5c4)c3)c3ccccc32)c(-c2ccccc2)c1. The number of benzene rings is 9. The van der Waals surface area contributed by atoms with Crippen LogP contribution in [0.1, 0.15) is 75.3 Å². The van der Waals surface area contributed by atoms with Crippen molar-refractivity contribution in [2.24, 2.45) is 0 Å². The quantitative estimate of drug-likeness (QED) is 0.152. The van der Waals surface area contributed by atoms with Crippen molar-refractivity contribution in [2.75, 3.05) is 16.5 Å². The van der Waals surface area contributed by atoms with Crippen molar-refractivity contribution in [3.05, 3.63) is 252 Å². The third kappa shape index (κ3) is 7.65. The molecule has 2 aliphatic rings. The van der Waals surface area contributed by atoms with E-state index in [4.69, 9.17) is 9.72 Å². The standard InChI is InChI=1S/C69H58N4O/c1-68(2,3)48-40-57(45-21-9-7-10-22-45)67(58(41-48)46-23-11-8-12-24-46)72-44-71(61-31-19-20-32-62(61)72)49-33-36-59(69(4,5)6)64(42-49)74-50-34-35-54-53-27-17-18-30-60(53)73(63(54)43-50)65-39-47(37-38-70-65)66-55-28-15-13-25-51(55)52-26-14-16-29-56(52)66/h7-43,66H,44H2,1-6H3. The molecule has 0 bridgehead atoms. The summed E-state index contributed by atoms with van der Waals surface area (Å²) in [5.41, 5.74) is 20.1. The van der Waals surface area contributed by atoms with Gasteiger partial charge in [0.25, 0.3) is 0 Å². The maximum Gasteiger partial charge on any atom is 0.137 e. The van der Waals surface area contributed by atoms with Crippen LogP contribution in [0, 0.1) is 0 Å². The molecular formula is C69H58N4O. The molecular weight excluding hydrogens is 901 g/mol. The van der Waals surface area contributed by atoms with Crippen molar-refractivity contribution in [1.29, 1.82) is 0 Å². The molecule has 0 radical (unpaired) electrons. The molecule has 13 rings (SSSR count). The Morgan fingerprint density at radius 2 is 1.05 bits per heavy atom. The first-order valence-electron chi connectivity index (χ1n) is 25.9. The summed E-state index contributed by atoms with van der Waals surface area (Å²) < 4.78 is 9.55. The number of fused-ring (bicyclic) bond motifs is 7. The van der Waals surface area contributed by atoms with Crippen LogP contribution in [0.5, 0.6) is 11.5 Å². The minimum atomic E-state index is -0.201. The van der Waals surface area contributed by atoms with Gasteiger partial charge in [-0.1, -0.05) is 187 Å². The monoisotopic (exact) mass is 958 g/mol. The summed E-state index contributed by atoms with van der Waals surface area (Å²) in [4.78, 5) is 10.1. The van der Waals surface area contributed by atoms with E-state index in [2.05, 4.69) is 274 Å². The predicted octanol–water partition coefficient (Wildman–Crippen LogP) is 18.3. The third-order valence-corrected chi connectivity index (χ3v) is 15.3. The molecule has 360 valence electrons. The molecule has 0 spiro atoms. The van der Waals surface area contributed by atoms with Crippen LogP contribution >= 0.6 is 0 Å². The maximum atomic E-state index is 7.24. The number of hydrogen-bond acceptors (Lipinski definition) is 4. The highest BCUT2D eigenvalue weighted by atomic mass is 16.5. The van der Waals surface area contributed by atoms with Gasteiger partial charge in [0.15, 0.2) is 0 Å². The molecule has 0 saturated carbocycles. The number of ether oxygens (including phenoxy) is 1. The lowest BCUT2D eigenvalue weighted by molar-refractivity contribution is 0.456. The van der Waals surface area contributed by atoms with Gasteiger partial charge < -0.3 is 14.5 Å². The van der Waals surface area contributed by atoms with Crippen LogP contribution in [0.25, 0.3) is 61.0 Å². The Morgan fingerprint density at radius 1 is 0.473 bits per heavy atom. The fraction of sp³-hybridized carbons (Fsp3) is 0.145. The van der Waals surface area contributed by atoms with Crippen molar-refractivity contribution in [3.63, 3.8) is 0 Å². The number of hydrogen-bond donors (Lipinski definition) is 0. The molecule has 0 saturated heterocycles. The lowest BCUT2D eigenvalue weighted by atomic mass is 9.82. The zero-order valence-electron chi connectivity index (χ0n) is 42.8. The number of aromatic nitrogens is 2. The average Bonchev–Trinajstić information content (AvgIpc) is 4.08. The molecule has 9 aromatic carbocycles. The van der Waals surface area contributed by atoms with E-state index in [-0.39, 0.29) is 16.7 Å². The van der Waals surface area contributed by atoms with Gasteiger partial charge in [-0.05, 0) is 116 Å². The summed E-state index contributed by atoms with van der Waals surface area (Å²) in [5.74, 6) is 2.58. The molecule has 1 aliphatic carbocycles. The van der Waals surface area contributed by atoms with E-state index in [1.807, 2.05) is 6.20 Å². The van der Waals surface area contributed by atoms with E-state index >= 15 is 0 Å². The Hall–Kier alpha value is -8.67.